The van der Waals surface area contributed by atoms with Gasteiger partial charge in [-0.05, 0) is 37.0 Å². The summed E-state index contributed by atoms with van der Waals surface area (Å²) in [6, 6.07) is 4.32. The van der Waals surface area contributed by atoms with E-state index >= 15 is 0 Å². The molecule has 0 amide bonds. The quantitative estimate of drug-likeness (QED) is 0.818. The van der Waals surface area contributed by atoms with Crippen molar-refractivity contribution in [3.63, 3.8) is 0 Å². The van der Waals surface area contributed by atoms with Crippen molar-refractivity contribution in [1.82, 2.24) is 4.31 Å². The molecule has 0 bridgehead atoms. The fourth-order valence-electron chi connectivity index (χ4n) is 2.51. The van der Waals surface area contributed by atoms with Crippen LogP contribution in [-0.4, -0.2) is 36.5 Å². The Bertz CT molecular complexity index is 622. The van der Waals surface area contributed by atoms with Crippen LogP contribution in [0.2, 0.25) is 5.02 Å². The van der Waals surface area contributed by atoms with E-state index in [2.05, 4.69) is 0 Å². The van der Waals surface area contributed by atoms with Gasteiger partial charge in [-0.15, -0.1) is 0 Å². The lowest BCUT2D eigenvalue weighted by Gasteiger charge is -2.45. The number of rotatable bonds is 3. The molecule has 3 N–H and O–H groups in total. The number of anilines is 1. The highest BCUT2D eigenvalue weighted by atomic mass is 35.5. The summed E-state index contributed by atoms with van der Waals surface area (Å²) in [5, 5.41) is 10.6. The van der Waals surface area contributed by atoms with Gasteiger partial charge in [0.25, 0.3) is 0 Å². The van der Waals surface area contributed by atoms with Crippen LogP contribution >= 0.6 is 11.6 Å². The first-order valence-corrected chi connectivity index (χ1v) is 7.92. The van der Waals surface area contributed by atoms with Crippen LogP contribution in [0.5, 0.6) is 0 Å². The molecule has 0 atom stereocenters. The van der Waals surface area contributed by atoms with Gasteiger partial charge in [0.15, 0.2) is 0 Å². The van der Waals surface area contributed by atoms with Crippen LogP contribution in [0.15, 0.2) is 23.1 Å². The molecular weight excluding hydrogens is 288 g/mol. The van der Waals surface area contributed by atoms with Gasteiger partial charge in [0.1, 0.15) is 4.90 Å². The largest absolute Gasteiger partial charge is 0.398 e. The molecule has 0 radical (unpaired) electrons. The number of hydrogen-bond acceptors (Lipinski definition) is 4. The van der Waals surface area contributed by atoms with E-state index in [1.165, 1.54) is 22.5 Å². The third kappa shape index (κ3) is 2.12. The van der Waals surface area contributed by atoms with Crippen molar-refractivity contribution in [2.75, 3.05) is 18.8 Å². The maximum atomic E-state index is 12.4. The Hall–Kier alpha value is -0.820. The second-order valence-corrected chi connectivity index (χ2v) is 7.68. The van der Waals surface area contributed by atoms with Gasteiger partial charge >= 0.3 is 0 Å². The summed E-state index contributed by atoms with van der Waals surface area (Å²) in [4.78, 5) is 0.0507. The monoisotopic (exact) mass is 302 g/mol. The molecule has 1 aromatic rings. The number of β-amino-alcohol motifs (C(OH)–C–C–N with tert-alkyl or cyclic N) is 1. The van der Waals surface area contributed by atoms with Gasteiger partial charge < -0.3 is 10.8 Å². The minimum absolute atomic E-state index is 0.0507. The molecule has 1 aromatic carbocycles. The van der Waals surface area contributed by atoms with Crippen LogP contribution in [0.1, 0.15) is 12.8 Å². The summed E-state index contributed by atoms with van der Waals surface area (Å²) < 4.78 is 26.0. The second kappa shape index (κ2) is 4.09. The molecule has 19 heavy (non-hydrogen) atoms. The first kappa shape index (κ1) is 13.2. The topological polar surface area (TPSA) is 83.6 Å². The van der Waals surface area contributed by atoms with Crippen LogP contribution in [0.25, 0.3) is 0 Å². The number of sulfonamides is 1. The summed E-state index contributed by atoms with van der Waals surface area (Å²) in [6.07, 6.45) is 1.96. The lowest BCUT2D eigenvalue weighted by molar-refractivity contribution is -0.0764. The van der Waals surface area contributed by atoms with E-state index in [4.69, 9.17) is 17.3 Å². The summed E-state index contributed by atoms with van der Waals surface area (Å²) in [6.45, 7) is 0.310. The third-order valence-corrected chi connectivity index (χ3v) is 5.93. The standard InChI is InChI=1S/C12H15ClN2O3S/c13-9-3-4-11(10(14)5-9)19(17,18)15-6-12(16,7-15)8-1-2-8/h3-5,8,16H,1-2,6-7,14H2. The molecule has 7 heteroatoms. The van der Waals surface area contributed by atoms with Crippen LogP contribution in [0, 0.1) is 5.92 Å². The highest BCUT2D eigenvalue weighted by Gasteiger charge is 2.55. The summed E-state index contributed by atoms with van der Waals surface area (Å²) >= 11 is 5.76. The normalized spacial score (nSPS) is 23.1. The number of nitrogens with zero attached hydrogens (tertiary/aromatic N) is 1. The molecule has 0 unspecified atom stereocenters. The highest BCUT2D eigenvalue weighted by Crippen LogP contribution is 2.46. The Labute approximate surface area is 117 Å². The van der Waals surface area contributed by atoms with Crippen molar-refractivity contribution >= 4 is 27.3 Å². The highest BCUT2D eigenvalue weighted by molar-refractivity contribution is 7.89. The van der Waals surface area contributed by atoms with Gasteiger partial charge in [0.05, 0.1) is 11.3 Å². The summed E-state index contributed by atoms with van der Waals surface area (Å²) in [5.74, 6) is 0.251. The number of benzene rings is 1. The molecule has 3 rings (SSSR count). The van der Waals surface area contributed by atoms with Crippen LogP contribution in [0.3, 0.4) is 0 Å². The first-order chi connectivity index (χ1) is 8.83. The van der Waals surface area contributed by atoms with E-state index in [9.17, 15) is 13.5 Å². The van der Waals surface area contributed by atoms with Crippen molar-refractivity contribution < 1.29 is 13.5 Å². The number of aliphatic hydroxyl groups is 1. The maximum absolute atomic E-state index is 12.4. The zero-order valence-corrected chi connectivity index (χ0v) is 11.8. The summed E-state index contributed by atoms with van der Waals surface area (Å²) in [5.41, 5.74) is 5.01. The van der Waals surface area contributed by atoms with Crippen molar-refractivity contribution in [3.8, 4) is 0 Å². The van der Waals surface area contributed by atoms with Crippen molar-refractivity contribution in [1.29, 1.82) is 0 Å². The number of nitrogens with two attached hydrogens (primary N) is 1. The first-order valence-electron chi connectivity index (χ1n) is 6.10. The van der Waals surface area contributed by atoms with E-state index in [-0.39, 0.29) is 29.6 Å². The molecule has 1 aliphatic carbocycles. The van der Waals surface area contributed by atoms with Gasteiger partial charge in [0.2, 0.25) is 10.0 Å². The van der Waals surface area contributed by atoms with E-state index in [0.29, 0.717) is 5.02 Å². The number of halogens is 1. The van der Waals surface area contributed by atoms with Gasteiger partial charge in [-0.2, -0.15) is 4.31 Å². The van der Waals surface area contributed by atoms with E-state index in [1.807, 2.05) is 0 Å². The second-order valence-electron chi connectivity index (χ2n) is 5.33. The molecule has 2 fully saturated rings. The summed E-state index contributed by atoms with van der Waals surface area (Å²) in [7, 11) is -3.64. The minimum atomic E-state index is -3.64. The van der Waals surface area contributed by atoms with Gasteiger partial charge in [-0.3, -0.25) is 0 Å². The van der Waals surface area contributed by atoms with Gasteiger partial charge in [-0.25, -0.2) is 8.42 Å². The van der Waals surface area contributed by atoms with Crippen molar-refractivity contribution in [2.45, 2.75) is 23.3 Å². The van der Waals surface area contributed by atoms with Gasteiger partial charge in [0, 0.05) is 18.1 Å². The van der Waals surface area contributed by atoms with Crippen molar-refractivity contribution in [3.05, 3.63) is 23.2 Å². The fraction of sp³-hybridized carbons (Fsp3) is 0.500. The number of nitrogen functional groups attached to an aromatic ring is 1. The minimum Gasteiger partial charge on any atom is -0.398 e. The molecule has 1 saturated carbocycles. The smallest absolute Gasteiger partial charge is 0.245 e. The molecule has 2 aliphatic rings. The average Bonchev–Trinajstić information content (AvgIpc) is 3.07. The molecule has 1 heterocycles. The van der Waals surface area contributed by atoms with Crippen LogP contribution < -0.4 is 5.73 Å². The molecule has 0 spiro atoms. The SMILES string of the molecule is Nc1cc(Cl)ccc1S(=O)(=O)N1CC(O)(C2CC2)C1. The molecule has 104 valence electrons. The van der Waals surface area contributed by atoms with E-state index < -0.39 is 15.6 Å². The molecule has 1 aliphatic heterocycles. The fourth-order valence-corrected chi connectivity index (χ4v) is 4.35. The molecule has 0 aromatic heterocycles. The van der Waals surface area contributed by atoms with Crippen LogP contribution in [0.4, 0.5) is 5.69 Å². The lowest BCUT2D eigenvalue weighted by Crippen LogP contribution is -2.64. The zero-order chi connectivity index (χ0) is 13.8. The lowest BCUT2D eigenvalue weighted by atomic mass is 9.91. The number of hydrogen-bond donors (Lipinski definition) is 2. The average molecular weight is 303 g/mol. The van der Waals surface area contributed by atoms with Crippen molar-refractivity contribution in [2.24, 2.45) is 5.92 Å². The molecule has 5 nitrogen and oxygen atoms in total. The molecule has 1 saturated heterocycles. The predicted octanol–water partition coefficient (Wildman–Crippen LogP) is 1.07. The third-order valence-electron chi connectivity index (χ3n) is 3.83. The predicted molar refractivity (Wildman–Crippen MR) is 72.3 cm³/mol. The Balaban J connectivity index is 1.84. The maximum Gasteiger partial charge on any atom is 0.245 e. The Morgan fingerprint density at radius 2 is 2.00 bits per heavy atom. The Morgan fingerprint density at radius 3 is 2.53 bits per heavy atom. The Kier molecular flexibility index (Phi) is 2.83. The Morgan fingerprint density at radius 1 is 1.37 bits per heavy atom. The van der Waals surface area contributed by atoms with E-state index in [0.717, 1.165) is 12.8 Å². The van der Waals surface area contributed by atoms with E-state index in [1.54, 1.807) is 0 Å². The van der Waals surface area contributed by atoms with Crippen LogP contribution in [-0.2, 0) is 10.0 Å². The van der Waals surface area contributed by atoms with Gasteiger partial charge in [-0.1, -0.05) is 11.6 Å². The zero-order valence-electron chi connectivity index (χ0n) is 10.2. The molecular formula is C12H15ClN2O3S.